The lowest BCUT2D eigenvalue weighted by atomic mass is 10.3. The Morgan fingerprint density at radius 3 is 2.88 bits per heavy atom. The first-order chi connectivity index (χ1) is 8.02. The molecular weight excluding hydrogens is 222 g/mol. The highest BCUT2D eigenvalue weighted by Gasteiger charge is 2.12. The van der Waals surface area contributed by atoms with Crippen molar-refractivity contribution in [3.8, 4) is 5.88 Å². The van der Waals surface area contributed by atoms with Crippen LogP contribution in [0, 0.1) is 6.92 Å². The lowest BCUT2D eigenvalue weighted by molar-refractivity contribution is -0.137. The average Bonchev–Trinajstić information content (AvgIpc) is 2.25. The Labute approximate surface area is 100 Å². The molecule has 0 amide bonds. The molecule has 17 heavy (non-hydrogen) atoms. The summed E-state index contributed by atoms with van der Waals surface area (Å²) in [6, 6.07) is 0.975. The summed E-state index contributed by atoms with van der Waals surface area (Å²) < 4.78 is 5.38. The van der Waals surface area contributed by atoms with E-state index in [1.54, 1.807) is 13.0 Å². The molecule has 1 aromatic heterocycles. The van der Waals surface area contributed by atoms with Crippen LogP contribution in [-0.4, -0.2) is 33.7 Å². The number of ether oxygens (including phenoxy) is 1. The second kappa shape index (κ2) is 6.03. The van der Waals surface area contributed by atoms with Crippen molar-refractivity contribution in [2.45, 2.75) is 33.2 Å². The summed E-state index contributed by atoms with van der Waals surface area (Å²) in [7, 11) is 0. The molecular formula is C11H17N3O3. The van der Waals surface area contributed by atoms with Gasteiger partial charge in [-0.1, -0.05) is 6.92 Å². The molecule has 0 radical (unpaired) electrons. The maximum atomic E-state index is 10.7. The van der Waals surface area contributed by atoms with Crippen molar-refractivity contribution in [3.05, 3.63) is 11.8 Å². The Morgan fingerprint density at radius 2 is 2.29 bits per heavy atom. The minimum Gasteiger partial charge on any atom is -0.480 e. The van der Waals surface area contributed by atoms with Gasteiger partial charge < -0.3 is 15.2 Å². The lowest BCUT2D eigenvalue weighted by Gasteiger charge is -2.11. The molecule has 0 bridgehead atoms. The van der Waals surface area contributed by atoms with Crippen LogP contribution >= 0.6 is 0 Å². The molecule has 1 atom stereocenters. The van der Waals surface area contributed by atoms with E-state index in [9.17, 15) is 4.79 Å². The maximum Gasteiger partial charge on any atom is 0.325 e. The first kappa shape index (κ1) is 13.2. The molecule has 0 aliphatic heterocycles. The topological polar surface area (TPSA) is 84.3 Å². The van der Waals surface area contributed by atoms with E-state index in [1.807, 2.05) is 6.92 Å². The number of nitrogens with zero attached hydrogens (tertiary/aromatic N) is 2. The maximum absolute atomic E-state index is 10.7. The van der Waals surface area contributed by atoms with Gasteiger partial charge in [-0.25, -0.2) is 4.98 Å². The van der Waals surface area contributed by atoms with Gasteiger partial charge in [-0.05, 0) is 20.3 Å². The number of carboxylic acid groups (broad SMARTS) is 1. The van der Waals surface area contributed by atoms with Crippen molar-refractivity contribution < 1.29 is 14.6 Å². The predicted molar refractivity (Wildman–Crippen MR) is 63.3 cm³/mol. The van der Waals surface area contributed by atoms with Gasteiger partial charge in [0.15, 0.2) is 0 Å². The molecule has 1 aromatic rings. The van der Waals surface area contributed by atoms with Crippen molar-refractivity contribution in [2.75, 3.05) is 11.9 Å². The lowest BCUT2D eigenvalue weighted by Crippen LogP contribution is -2.26. The molecule has 94 valence electrons. The quantitative estimate of drug-likeness (QED) is 0.781. The largest absolute Gasteiger partial charge is 0.480 e. The SMILES string of the molecule is CCCOc1cc(C)nc(NC(C)C(=O)O)n1. The first-order valence-electron chi connectivity index (χ1n) is 5.50. The van der Waals surface area contributed by atoms with Crippen LogP contribution in [0.5, 0.6) is 5.88 Å². The molecule has 0 aliphatic rings. The van der Waals surface area contributed by atoms with E-state index in [2.05, 4.69) is 15.3 Å². The number of carboxylic acids is 1. The van der Waals surface area contributed by atoms with Crippen LogP contribution in [0.3, 0.4) is 0 Å². The van der Waals surface area contributed by atoms with Crippen molar-refractivity contribution >= 4 is 11.9 Å². The van der Waals surface area contributed by atoms with Gasteiger partial charge in [0, 0.05) is 11.8 Å². The summed E-state index contributed by atoms with van der Waals surface area (Å²) in [4.78, 5) is 18.9. The molecule has 2 N–H and O–H groups in total. The summed E-state index contributed by atoms with van der Waals surface area (Å²) >= 11 is 0. The molecule has 0 saturated carbocycles. The molecule has 1 rings (SSSR count). The number of anilines is 1. The van der Waals surface area contributed by atoms with Crippen molar-refractivity contribution in [1.29, 1.82) is 0 Å². The van der Waals surface area contributed by atoms with Crippen molar-refractivity contribution in [2.24, 2.45) is 0 Å². The molecule has 0 aliphatic carbocycles. The number of carbonyl (C=O) groups is 1. The third-order valence-electron chi connectivity index (χ3n) is 2.00. The van der Waals surface area contributed by atoms with Crippen LogP contribution in [0.4, 0.5) is 5.95 Å². The van der Waals surface area contributed by atoms with Crippen LogP contribution in [0.25, 0.3) is 0 Å². The summed E-state index contributed by atoms with van der Waals surface area (Å²) in [6.07, 6.45) is 0.886. The fraction of sp³-hybridized carbons (Fsp3) is 0.545. The number of hydrogen-bond donors (Lipinski definition) is 2. The highest BCUT2D eigenvalue weighted by Crippen LogP contribution is 2.12. The van der Waals surface area contributed by atoms with E-state index in [0.717, 1.165) is 12.1 Å². The summed E-state index contributed by atoms with van der Waals surface area (Å²) in [5.74, 6) is -0.225. The fourth-order valence-electron chi connectivity index (χ4n) is 1.14. The Bertz CT molecular complexity index is 396. The normalized spacial score (nSPS) is 11.9. The van der Waals surface area contributed by atoms with Crippen LogP contribution in [0.15, 0.2) is 6.07 Å². The van der Waals surface area contributed by atoms with E-state index in [-0.39, 0.29) is 5.95 Å². The van der Waals surface area contributed by atoms with E-state index in [1.165, 1.54) is 6.92 Å². The summed E-state index contributed by atoms with van der Waals surface area (Å²) in [5.41, 5.74) is 0.728. The molecule has 1 heterocycles. The molecule has 1 unspecified atom stereocenters. The number of hydrogen-bond acceptors (Lipinski definition) is 5. The van der Waals surface area contributed by atoms with Crippen LogP contribution in [-0.2, 0) is 4.79 Å². The minimum absolute atomic E-state index is 0.269. The Morgan fingerprint density at radius 1 is 1.59 bits per heavy atom. The standard InChI is InChI=1S/C11H17N3O3/c1-4-5-17-9-6-7(2)12-11(14-9)13-8(3)10(15)16/h6,8H,4-5H2,1-3H3,(H,15,16)(H,12,13,14). The molecule has 0 spiro atoms. The van der Waals surface area contributed by atoms with E-state index < -0.39 is 12.0 Å². The number of aliphatic carboxylic acids is 1. The van der Waals surface area contributed by atoms with E-state index in [4.69, 9.17) is 9.84 Å². The Kier molecular flexibility index (Phi) is 4.68. The third kappa shape index (κ3) is 4.26. The third-order valence-corrected chi connectivity index (χ3v) is 2.00. The van der Waals surface area contributed by atoms with Crippen molar-refractivity contribution in [1.82, 2.24) is 9.97 Å². The fourth-order valence-corrected chi connectivity index (χ4v) is 1.14. The molecule has 6 heteroatoms. The number of rotatable bonds is 6. The zero-order valence-electron chi connectivity index (χ0n) is 10.2. The van der Waals surface area contributed by atoms with Gasteiger partial charge >= 0.3 is 5.97 Å². The highest BCUT2D eigenvalue weighted by molar-refractivity contribution is 5.75. The first-order valence-corrected chi connectivity index (χ1v) is 5.50. The van der Waals surface area contributed by atoms with Crippen molar-refractivity contribution in [3.63, 3.8) is 0 Å². The number of aromatic nitrogens is 2. The zero-order valence-corrected chi connectivity index (χ0v) is 10.2. The van der Waals surface area contributed by atoms with Gasteiger partial charge in [0.25, 0.3) is 0 Å². The van der Waals surface area contributed by atoms with Gasteiger partial charge in [0.1, 0.15) is 6.04 Å². The predicted octanol–water partition coefficient (Wildman–Crippen LogP) is 1.46. The molecule has 0 fully saturated rings. The van der Waals surface area contributed by atoms with Gasteiger partial charge in [0.2, 0.25) is 11.8 Å². The average molecular weight is 239 g/mol. The summed E-state index contributed by atoms with van der Waals surface area (Å²) in [5, 5.41) is 11.5. The van der Waals surface area contributed by atoms with Crippen LogP contribution in [0.1, 0.15) is 26.0 Å². The van der Waals surface area contributed by atoms with E-state index in [0.29, 0.717) is 12.5 Å². The summed E-state index contributed by atoms with van der Waals surface area (Å²) in [6.45, 7) is 5.90. The van der Waals surface area contributed by atoms with Crippen LogP contribution in [0.2, 0.25) is 0 Å². The monoisotopic (exact) mass is 239 g/mol. The second-order valence-corrected chi connectivity index (χ2v) is 3.72. The van der Waals surface area contributed by atoms with Gasteiger partial charge in [0.05, 0.1) is 6.61 Å². The number of nitrogens with one attached hydrogen (secondary N) is 1. The molecule has 6 nitrogen and oxygen atoms in total. The Hall–Kier alpha value is -1.85. The second-order valence-electron chi connectivity index (χ2n) is 3.72. The van der Waals surface area contributed by atoms with Gasteiger partial charge in [-0.15, -0.1) is 0 Å². The highest BCUT2D eigenvalue weighted by atomic mass is 16.5. The zero-order chi connectivity index (χ0) is 12.8. The van der Waals surface area contributed by atoms with Crippen LogP contribution < -0.4 is 10.1 Å². The van der Waals surface area contributed by atoms with Gasteiger partial charge in [-0.2, -0.15) is 4.98 Å². The van der Waals surface area contributed by atoms with Gasteiger partial charge in [-0.3, -0.25) is 4.79 Å². The number of aryl methyl sites for hydroxylation is 1. The molecule has 0 aromatic carbocycles. The Balaban J connectivity index is 2.78. The smallest absolute Gasteiger partial charge is 0.325 e. The molecule has 0 saturated heterocycles. The van der Waals surface area contributed by atoms with E-state index >= 15 is 0 Å². The minimum atomic E-state index is -0.953.